The highest BCUT2D eigenvalue weighted by molar-refractivity contribution is 5.98. The van der Waals surface area contributed by atoms with Gasteiger partial charge in [0.15, 0.2) is 17.5 Å². The van der Waals surface area contributed by atoms with Crippen LogP contribution >= 0.6 is 0 Å². The Bertz CT molecular complexity index is 531. The minimum atomic E-state index is -1.22. The first-order chi connectivity index (χ1) is 10.3. The summed E-state index contributed by atoms with van der Waals surface area (Å²) in [6.45, 7) is 1.35. The number of phenols is 1. The van der Waals surface area contributed by atoms with Crippen molar-refractivity contribution in [1.29, 1.82) is 0 Å². The fraction of sp³-hybridized carbons (Fsp3) is 0.429. The lowest BCUT2D eigenvalue weighted by molar-refractivity contribution is -0.145. The van der Waals surface area contributed by atoms with Crippen molar-refractivity contribution in [3.63, 3.8) is 0 Å². The van der Waals surface area contributed by atoms with E-state index in [1.165, 1.54) is 33.3 Å². The normalized spacial score (nSPS) is 13.0. The summed E-state index contributed by atoms with van der Waals surface area (Å²) in [7, 11) is 3.79. The van der Waals surface area contributed by atoms with Gasteiger partial charge in [-0.1, -0.05) is 0 Å². The predicted octanol–water partition coefficient (Wildman–Crippen LogP) is 0.0616. The number of aliphatic hydroxyl groups is 1. The number of methoxy groups -OCH3 is 3. The molecule has 0 aliphatic carbocycles. The van der Waals surface area contributed by atoms with Crippen LogP contribution in [0.25, 0.3) is 0 Å². The molecule has 0 unspecified atom stereocenters. The predicted molar refractivity (Wildman–Crippen MR) is 76.2 cm³/mol. The smallest absolute Gasteiger partial charge is 0.331 e. The zero-order chi connectivity index (χ0) is 16.9. The molecule has 0 aliphatic heterocycles. The molecule has 22 heavy (non-hydrogen) atoms. The van der Waals surface area contributed by atoms with E-state index in [1.54, 1.807) is 0 Å². The van der Waals surface area contributed by atoms with Gasteiger partial charge in [0.2, 0.25) is 5.75 Å². The summed E-state index contributed by atoms with van der Waals surface area (Å²) in [5.41, 5.74) is 0.0843. The van der Waals surface area contributed by atoms with E-state index in [0.717, 1.165) is 7.11 Å². The summed E-state index contributed by atoms with van der Waals surface area (Å²) in [6.07, 6.45) is -1.14. The number of nitrogens with one attached hydrogen (secondary N) is 1. The van der Waals surface area contributed by atoms with Crippen LogP contribution in [0.4, 0.5) is 0 Å². The second-order valence-corrected chi connectivity index (χ2v) is 4.44. The monoisotopic (exact) mass is 313 g/mol. The molecule has 122 valence electrons. The van der Waals surface area contributed by atoms with Crippen molar-refractivity contribution in [2.24, 2.45) is 0 Å². The molecular formula is C14H19NO7. The number of carbonyl (C=O) groups excluding carboxylic acids is 2. The Morgan fingerprint density at radius 3 is 2.00 bits per heavy atom. The van der Waals surface area contributed by atoms with E-state index in [9.17, 15) is 19.8 Å². The van der Waals surface area contributed by atoms with Crippen LogP contribution in [0.2, 0.25) is 0 Å². The van der Waals surface area contributed by atoms with Gasteiger partial charge < -0.3 is 29.7 Å². The molecule has 8 nitrogen and oxygen atoms in total. The van der Waals surface area contributed by atoms with Gasteiger partial charge in [0, 0.05) is 5.56 Å². The lowest BCUT2D eigenvalue weighted by Crippen LogP contribution is -2.48. The van der Waals surface area contributed by atoms with Gasteiger partial charge in [-0.15, -0.1) is 0 Å². The number of ether oxygens (including phenoxy) is 3. The van der Waals surface area contributed by atoms with Crippen molar-refractivity contribution in [3.05, 3.63) is 17.7 Å². The maximum Gasteiger partial charge on any atom is 0.331 e. The first-order valence-electron chi connectivity index (χ1n) is 6.37. The van der Waals surface area contributed by atoms with E-state index >= 15 is 0 Å². The number of aliphatic hydroxyl groups excluding tert-OH is 1. The molecule has 2 atom stereocenters. The highest BCUT2D eigenvalue weighted by Gasteiger charge is 2.27. The summed E-state index contributed by atoms with van der Waals surface area (Å²) in [6, 6.07) is 1.34. The van der Waals surface area contributed by atoms with Crippen molar-refractivity contribution in [2.45, 2.75) is 19.1 Å². The fourth-order valence-corrected chi connectivity index (χ4v) is 1.75. The number of hydrogen-bond donors (Lipinski definition) is 3. The second kappa shape index (κ2) is 7.51. The number of aromatic hydroxyl groups is 1. The molecule has 0 radical (unpaired) electrons. The Labute approximate surface area is 127 Å². The Hall–Kier alpha value is -2.48. The quantitative estimate of drug-likeness (QED) is 0.636. The highest BCUT2D eigenvalue weighted by atomic mass is 16.5. The summed E-state index contributed by atoms with van der Waals surface area (Å²) < 4.78 is 14.4. The highest BCUT2D eigenvalue weighted by Crippen LogP contribution is 2.37. The minimum absolute atomic E-state index is 0.0381. The van der Waals surface area contributed by atoms with Gasteiger partial charge in [-0.2, -0.15) is 0 Å². The minimum Gasteiger partial charge on any atom is -0.502 e. The van der Waals surface area contributed by atoms with Crippen molar-refractivity contribution >= 4 is 11.9 Å². The van der Waals surface area contributed by atoms with E-state index in [0.29, 0.717) is 0 Å². The second-order valence-electron chi connectivity index (χ2n) is 4.44. The number of phenolic OH excluding ortho intramolecular Hbond substituents is 1. The molecule has 1 rings (SSSR count). The largest absolute Gasteiger partial charge is 0.502 e. The third kappa shape index (κ3) is 3.79. The van der Waals surface area contributed by atoms with Gasteiger partial charge in [0.25, 0.3) is 5.91 Å². The summed E-state index contributed by atoms with van der Waals surface area (Å²) in [4.78, 5) is 23.7. The molecule has 1 aromatic carbocycles. The molecule has 3 N–H and O–H groups in total. The fourth-order valence-electron chi connectivity index (χ4n) is 1.75. The van der Waals surface area contributed by atoms with E-state index in [2.05, 4.69) is 10.1 Å². The summed E-state index contributed by atoms with van der Waals surface area (Å²) in [5, 5.41) is 21.7. The van der Waals surface area contributed by atoms with Crippen LogP contribution < -0.4 is 14.8 Å². The third-order valence-corrected chi connectivity index (χ3v) is 2.97. The van der Waals surface area contributed by atoms with Crippen molar-refractivity contribution in [2.75, 3.05) is 21.3 Å². The zero-order valence-corrected chi connectivity index (χ0v) is 12.7. The molecule has 0 saturated carbocycles. The molecule has 0 fully saturated rings. The Morgan fingerprint density at radius 2 is 1.64 bits per heavy atom. The van der Waals surface area contributed by atoms with Gasteiger partial charge >= 0.3 is 5.97 Å². The number of rotatable bonds is 6. The van der Waals surface area contributed by atoms with Crippen LogP contribution in [0.5, 0.6) is 17.2 Å². The first-order valence-corrected chi connectivity index (χ1v) is 6.37. The van der Waals surface area contributed by atoms with Crippen LogP contribution in [0.3, 0.4) is 0 Å². The van der Waals surface area contributed by atoms with E-state index in [4.69, 9.17) is 9.47 Å². The Kier molecular flexibility index (Phi) is 6.00. The third-order valence-electron chi connectivity index (χ3n) is 2.97. The maximum absolute atomic E-state index is 12.2. The van der Waals surface area contributed by atoms with Gasteiger partial charge in [-0.3, -0.25) is 4.79 Å². The molecule has 0 heterocycles. The van der Waals surface area contributed by atoms with E-state index < -0.39 is 24.0 Å². The number of hydrogen-bond acceptors (Lipinski definition) is 7. The summed E-state index contributed by atoms with van der Waals surface area (Å²) in [5.74, 6) is -1.61. The van der Waals surface area contributed by atoms with Crippen LogP contribution in [-0.4, -0.2) is 55.6 Å². The van der Waals surface area contributed by atoms with E-state index in [1.807, 2.05) is 0 Å². The molecule has 0 aliphatic rings. The van der Waals surface area contributed by atoms with Crippen LogP contribution in [0.1, 0.15) is 17.3 Å². The number of amides is 1. The molecular weight excluding hydrogens is 294 g/mol. The summed E-state index contributed by atoms with van der Waals surface area (Å²) >= 11 is 0. The number of benzene rings is 1. The lowest BCUT2D eigenvalue weighted by atomic mass is 10.1. The number of esters is 1. The zero-order valence-electron chi connectivity index (χ0n) is 12.7. The first kappa shape index (κ1) is 17.6. The standard InChI is InChI=1S/C14H19NO7/c1-7(16)11(14(19)22-4)15-13(18)8-5-9(20-2)12(17)10(6-8)21-3/h5-7,11,16-17H,1-4H3,(H,15,18)/t7-,11+/m1/s1. The Morgan fingerprint density at radius 1 is 1.14 bits per heavy atom. The van der Waals surface area contributed by atoms with Crippen molar-refractivity contribution in [3.8, 4) is 17.2 Å². The van der Waals surface area contributed by atoms with E-state index in [-0.39, 0.29) is 22.8 Å². The van der Waals surface area contributed by atoms with Crippen LogP contribution in [0.15, 0.2) is 12.1 Å². The molecule has 0 spiro atoms. The van der Waals surface area contributed by atoms with Gasteiger partial charge in [0.1, 0.15) is 0 Å². The number of carbonyl (C=O) groups is 2. The lowest BCUT2D eigenvalue weighted by Gasteiger charge is -2.19. The van der Waals surface area contributed by atoms with Crippen molar-refractivity contribution < 1.29 is 34.0 Å². The van der Waals surface area contributed by atoms with Crippen LogP contribution in [-0.2, 0) is 9.53 Å². The van der Waals surface area contributed by atoms with Gasteiger partial charge in [-0.05, 0) is 19.1 Å². The Balaban J connectivity index is 3.09. The topological polar surface area (TPSA) is 114 Å². The van der Waals surface area contributed by atoms with Gasteiger partial charge in [0.05, 0.1) is 27.4 Å². The average Bonchev–Trinajstić information content (AvgIpc) is 2.51. The van der Waals surface area contributed by atoms with Gasteiger partial charge in [-0.25, -0.2) is 4.79 Å². The molecule has 0 bridgehead atoms. The SMILES string of the molecule is COC(=O)[C@@H](NC(=O)c1cc(OC)c(O)c(OC)c1)[C@@H](C)O. The molecule has 8 heteroatoms. The maximum atomic E-state index is 12.2. The molecule has 1 amide bonds. The average molecular weight is 313 g/mol. The van der Waals surface area contributed by atoms with Crippen molar-refractivity contribution in [1.82, 2.24) is 5.32 Å². The molecule has 0 aromatic heterocycles. The van der Waals surface area contributed by atoms with Crippen LogP contribution in [0, 0.1) is 0 Å². The molecule has 1 aromatic rings. The molecule has 0 saturated heterocycles.